The van der Waals surface area contributed by atoms with Gasteiger partial charge in [-0.1, -0.05) is 41.1 Å². The zero-order valence-electron chi connectivity index (χ0n) is 17.0. The highest BCUT2D eigenvalue weighted by molar-refractivity contribution is 9.10. The van der Waals surface area contributed by atoms with Crippen molar-refractivity contribution >= 4 is 38.8 Å². The van der Waals surface area contributed by atoms with Crippen LogP contribution in [-0.2, 0) is 17.9 Å². The van der Waals surface area contributed by atoms with Crippen LogP contribution in [0.3, 0.4) is 0 Å². The molecular formula is C23H25BrN4O2. The van der Waals surface area contributed by atoms with E-state index in [0.29, 0.717) is 17.3 Å². The molecule has 1 saturated heterocycles. The number of aromatic nitrogens is 2. The summed E-state index contributed by atoms with van der Waals surface area (Å²) in [7, 11) is 0. The van der Waals surface area contributed by atoms with Crippen LogP contribution in [-0.4, -0.2) is 39.4 Å². The molecule has 2 aromatic carbocycles. The first kappa shape index (κ1) is 20.6. The van der Waals surface area contributed by atoms with Crippen molar-refractivity contribution < 1.29 is 9.59 Å². The number of nitrogens with one attached hydrogen (secondary N) is 1. The Hall–Kier alpha value is -2.67. The summed E-state index contributed by atoms with van der Waals surface area (Å²) < 4.78 is 2.78. The van der Waals surface area contributed by atoms with Crippen molar-refractivity contribution in [3.05, 3.63) is 64.4 Å². The van der Waals surface area contributed by atoms with Gasteiger partial charge in [-0.25, -0.2) is 4.98 Å². The maximum Gasteiger partial charge on any atom is 0.251 e. The number of para-hydroxylation sites is 2. The van der Waals surface area contributed by atoms with E-state index >= 15 is 0 Å². The number of imidazole rings is 1. The molecule has 1 N–H and O–H groups in total. The van der Waals surface area contributed by atoms with Crippen LogP contribution >= 0.6 is 15.9 Å². The number of nitrogens with zero attached hydrogens (tertiary/aromatic N) is 3. The van der Waals surface area contributed by atoms with E-state index in [2.05, 4.69) is 33.2 Å². The number of fused-ring (bicyclic) bond motifs is 1. The van der Waals surface area contributed by atoms with Gasteiger partial charge in [0.1, 0.15) is 12.4 Å². The lowest BCUT2D eigenvalue weighted by molar-refractivity contribution is -0.133. The third-order valence-corrected chi connectivity index (χ3v) is 6.15. The van der Waals surface area contributed by atoms with Crippen LogP contribution in [0.4, 0.5) is 0 Å². The predicted octanol–water partition coefficient (Wildman–Crippen LogP) is 3.99. The lowest BCUT2D eigenvalue weighted by atomic mass is 9.99. The highest BCUT2D eigenvalue weighted by Gasteiger charge is 2.22. The van der Waals surface area contributed by atoms with Gasteiger partial charge in [0.2, 0.25) is 5.91 Å². The minimum atomic E-state index is -0.175. The van der Waals surface area contributed by atoms with Gasteiger partial charge in [0.05, 0.1) is 17.6 Å². The summed E-state index contributed by atoms with van der Waals surface area (Å²) in [6.45, 7) is 4.34. The first-order chi connectivity index (χ1) is 14.5. The van der Waals surface area contributed by atoms with Gasteiger partial charge in [0.25, 0.3) is 5.91 Å². The van der Waals surface area contributed by atoms with Gasteiger partial charge in [-0.2, -0.15) is 0 Å². The van der Waals surface area contributed by atoms with Gasteiger partial charge in [-0.15, -0.1) is 0 Å². The number of carbonyl (C=O) groups excluding carboxylic acids is 2. The van der Waals surface area contributed by atoms with Crippen molar-refractivity contribution in [1.29, 1.82) is 0 Å². The summed E-state index contributed by atoms with van der Waals surface area (Å²) in [4.78, 5) is 32.1. The molecule has 1 aromatic heterocycles. The molecule has 6 nitrogen and oxygen atoms in total. The molecule has 3 aromatic rings. The monoisotopic (exact) mass is 468 g/mol. The van der Waals surface area contributed by atoms with Gasteiger partial charge >= 0.3 is 0 Å². The van der Waals surface area contributed by atoms with Crippen LogP contribution in [0.25, 0.3) is 11.0 Å². The first-order valence-corrected chi connectivity index (χ1v) is 11.1. The fraction of sp³-hybridized carbons (Fsp3) is 0.348. The number of rotatable bonds is 5. The second-order valence-electron chi connectivity index (χ2n) is 7.86. The van der Waals surface area contributed by atoms with Gasteiger partial charge in [-0.05, 0) is 49.1 Å². The second-order valence-corrected chi connectivity index (χ2v) is 8.77. The summed E-state index contributed by atoms with van der Waals surface area (Å²) in [6, 6.07) is 15.0. The average Bonchev–Trinajstić information content (AvgIpc) is 3.10. The zero-order valence-corrected chi connectivity index (χ0v) is 18.6. The molecule has 0 aliphatic carbocycles. The van der Waals surface area contributed by atoms with Crippen LogP contribution in [0.15, 0.2) is 53.0 Å². The molecular weight excluding hydrogens is 444 g/mol. The van der Waals surface area contributed by atoms with Crippen LogP contribution in [0, 0.1) is 5.92 Å². The third kappa shape index (κ3) is 4.56. The number of hydrogen-bond donors (Lipinski definition) is 1. The van der Waals surface area contributed by atoms with Gasteiger partial charge in [0, 0.05) is 23.1 Å². The maximum absolute atomic E-state index is 12.9. The summed E-state index contributed by atoms with van der Waals surface area (Å²) in [5.41, 5.74) is 2.30. The van der Waals surface area contributed by atoms with E-state index in [-0.39, 0.29) is 24.9 Å². The molecule has 0 unspecified atom stereocenters. The smallest absolute Gasteiger partial charge is 0.251 e. The summed E-state index contributed by atoms with van der Waals surface area (Å²) in [5.74, 6) is 1.28. The number of amides is 2. The van der Waals surface area contributed by atoms with E-state index in [9.17, 15) is 9.59 Å². The van der Waals surface area contributed by atoms with Crippen molar-refractivity contribution in [2.24, 2.45) is 5.92 Å². The van der Waals surface area contributed by atoms with Crippen molar-refractivity contribution in [2.75, 3.05) is 13.1 Å². The standard InChI is InChI=1S/C23H25BrN4O2/c1-16-9-11-27(12-10-16)22(29)15-28-20-8-3-2-7-19(20)26-21(28)14-25-23(30)17-5-4-6-18(24)13-17/h2-8,13,16H,9-12,14-15H2,1H3,(H,25,30). The van der Waals surface area contributed by atoms with Crippen LogP contribution in [0.1, 0.15) is 35.9 Å². The van der Waals surface area contributed by atoms with Gasteiger partial charge in [0.15, 0.2) is 0 Å². The normalized spacial score (nSPS) is 14.8. The molecule has 0 atom stereocenters. The number of halogens is 1. The molecule has 0 radical (unpaired) electrons. The number of carbonyl (C=O) groups is 2. The quantitative estimate of drug-likeness (QED) is 0.615. The van der Waals surface area contributed by atoms with Crippen molar-refractivity contribution in [2.45, 2.75) is 32.9 Å². The van der Waals surface area contributed by atoms with E-state index in [4.69, 9.17) is 0 Å². The van der Waals surface area contributed by atoms with E-state index in [1.807, 2.05) is 45.9 Å². The molecule has 2 amide bonds. The Morgan fingerprint density at radius 3 is 2.67 bits per heavy atom. The lowest BCUT2D eigenvalue weighted by Crippen LogP contribution is -2.40. The number of likely N-dealkylation sites (tertiary alicyclic amines) is 1. The van der Waals surface area contributed by atoms with E-state index in [0.717, 1.165) is 41.4 Å². The lowest BCUT2D eigenvalue weighted by Gasteiger charge is -2.30. The molecule has 2 heterocycles. The third-order valence-electron chi connectivity index (χ3n) is 5.66. The highest BCUT2D eigenvalue weighted by atomic mass is 79.9. The number of piperidine rings is 1. The minimum absolute atomic E-state index is 0.101. The molecule has 0 spiro atoms. The Labute approximate surface area is 184 Å². The van der Waals surface area contributed by atoms with Crippen LogP contribution < -0.4 is 5.32 Å². The fourth-order valence-electron chi connectivity index (χ4n) is 3.82. The van der Waals surface area contributed by atoms with Gasteiger partial charge in [-0.3, -0.25) is 9.59 Å². The van der Waals surface area contributed by atoms with Crippen molar-refractivity contribution in [3.8, 4) is 0 Å². The Morgan fingerprint density at radius 2 is 1.90 bits per heavy atom. The zero-order chi connectivity index (χ0) is 21.1. The molecule has 156 valence electrons. The Bertz CT molecular complexity index is 1070. The average molecular weight is 469 g/mol. The Balaban J connectivity index is 1.53. The van der Waals surface area contributed by atoms with E-state index in [1.165, 1.54) is 0 Å². The minimum Gasteiger partial charge on any atom is -0.345 e. The van der Waals surface area contributed by atoms with Crippen LogP contribution in [0.5, 0.6) is 0 Å². The first-order valence-electron chi connectivity index (χ1n) is 10.3. The van der Waals surface area contributed by atoms with Gasteiger partial charge < -0.3 is 14.8 Å². The molecule has 30 heavy (non-hydrogen) atoms. The Morgan fingerprint density at radius 1 is 1.13 bits per heavy atom. The predicted molar refractivity (Wildman–Crippen MR) is 120 cm³/mol. The molecule has 1 fully saturated rings. The summed E-state index contributed by atoms with van der Waals surface area (Å²) in [6.07, 6.45) is 2.10. The molecule has 4 rings (SSSR count). The number of benzene rings is 2. The summed E-state index contributed by atoms with van der Waals surface area (Å²) in [5, 5.41) is 2.93. The SMILES string of the molecule is CC1CCN(C(=O)Cn2c(CNC(=O)c3cccc(Br)c3)nc3ccccc32)CC1. The van der Waals surface area contributed by atoms with E-state index < -0.39 is 0 Å². The molecule has 1 aliphatic heterocycles. The maximum atomic E-state index is 12.9. The Kier molecular flexibility index (Phi) is 6.18. The molecule has 7 heteroatoms. The van der Waals surface area contributed by atoms with E-state index in [1.54, 1.807) is 12.1 Å². The topological polar surface area (TPSA) is 67.2 Å². The molecule has 1 aliphatic rings. The fourth-order valence-corrected chi connectivity index (χ4v) is 4.22. The van der Waals surface area contributed by atoms with Crippen molar-refractivity contribution in [1.82, 2.24) is 19.8 Å². The van der Waals surface area contributed by atoms with Crippen molar-refractivity contribution in [3.63, 3.8) is 0 Å². The number of hydrogen-bond acceptors (Lipinski definition) is 3. The largest absolute Gasteiger partial charge is 0.345 e. The second kappa shape index (κ2) is 9.00. The highest BCUT2D eigenvalue weighted by Crippen LogP contribution is 2.20. The van der Waals surface area contributed by atoms with Crippen LogP contribution in [0.2, 0.25) is 0 Å². The molecule has 0 saturated carbocycles. The molecule has 0 bridgehead atoms. The summed E-state index contributed by atoms with van der Waals surface area (Å²) >= 11 is 3.39.